The predicted molar refractivity (Wildman–Crippen MR) is 243 cm³/mol. The average molecular weight is 935 g/mol. The number of piperidine rings is 2. The topological polar surface area (TPSA) is 219 Å². The number of fused-ring (bicyclic) bond motifs is 2. The van der Waals surface area contributed by atoms with Gasteiger partial charge in [-0.3, -0.25) is 39.4 Å². The number of likely N-dealkylation sites (tertiary alicyclic amines) is 1. The molecule has 0 saturated carbocycles. The molecule has 9 rings (SSSR count). The van der Waals surface area contributed by atoms with Crippen molar-refractivity contribution in [2.24, 2.45) is 5.92 Å². The number of anilines is 2. The Morgan fingerprint density at radius 1 is 0.955 bits per heavy atom. The summed E-state index contributed by atoms with van der Waals surface area (Å²) < 4.78 is 12.0. The first-order chi connectivity index (χ1) is 31.9. The molecule has 4 aliphatic heterocycles. The molecule has 20 heteroatoms. The highest BCUT2D eigenvalue weighted by Gasteiger charge is 2.39. The van der Waals surface area contributed by atoms with Crippen LogP contribution >= 0.6 is 23.2 Å². The lowest BCUT2D eigenvalue weighted by Crippen LogP contribution is -2.52. The maximum absolute atomic E-state index is 13.7. The molecule has 66 heavy (non-hydrogen) atoms. The van der Waals surface area contributed by atoms with E-state index < -0.39 is 18.1 Å². The average Bonchev–Trinajstić information content (AvgIpc) is 3.89. The standard InChI is InChI=1S/C46H45Cl2N11O7/c1-25(41-33(47)21-50-22-34(41)48)66-38-17-32-35(18-37(38)65-2)54-55-42(32)28-15-27(19-49)43(52-20-28)57-11-13-58(14-12-57)45(63)26-7-9-56(10-8-26)40(61)23-51-30-3-4-31-29(16-30)24-59(46(31)64)36-5-6-39(60)53-44(36)62/h3-4,15-18,20-22,25-26,36,51H,5-14,23-24H2,1-2H3,(H,54,55)(H,53,60,62)/t25-,36?/m1/s1. The van der Waals surface area contributed by atoms with E-state index in [1.165, 1.54) is 17.3 Å². The van der Waals surface area contributed by atoms with Crippen LogP contribution in [0.25, 0.3) is 22.2 Å². The van der Waals surface area contributed by atoms with Gasteiger partial charge < -0.3 is 34.4 Å². The largest absolute Gasteiger partial charge is 0.493 e. The van der Waals surface area contributed by atoms with Crippen molar-refractivity contribution in [2.45, 2.75) is 51.3 Å². The van der Waals surface area contributed by atoms with Crippen molar-refractivity contribution in [3.63, 3.8) is 0 Å². The molecule has 0 spiro atoms. The fraction of sp³-hybridized carbons (Fsp3) is 0.370. The van der Waals surface area contributed by atoms with Crippen LogP contribution in [0, 0.1) is 17.2 Å². The Kier molecular flexibility index (Phi) is 12.4. The summed E-state index contributed by atoms with van der Waals surface area (Å²) in [4.78, 5) is 79.9. The van der Waals surface area contributed by atoms with Gasteiger partial charge in [0, 0.05) is 111 Å². The number of benzene rings is 2. The van der Waals surface area contributed by atoms with Gasteiger partial charge >= 0.3 is 0 Å². The monoisotopic (exact) mass is 933 g/mol. The molecule has 340 valence electrons. The molecule has 2 aromatic carbocycles. The molecular weight excluding hydrogens is 889 g/mol. The van der Waals surface area contributed by atoms with Crippen molar-refractivity contribution in [1.82, 2.24) is 40.2 Å². The van der Waals surface area contributed by atoms with Crippen LogP contribution in [0.2, 0.25) is 10.0 Å². The number of amides is 5. The van der Waals surface area contributed by atoms with Gasteiger partial charge in [-0.15, -0.1) is 0 Å². The van der Waals surface area contributed by atoms with Gasteiger partial charge in [0.05, 0.1) is 34.8 Å². The van der Waals surface area contributed by atoms with Gasteiger partial charge in [0.25, 0.3) is 5.91 Å². The Balaban J connectivity index is 0.771. The molecule has 3 saturated heterocycles. The lowest BCUT2D eigenvalue weighted by molar-refractivity contribution is -0.140. The van der Waals surface area contributed by atoms with Crippen LogP contribution in [0.15, 0.2) is 55.0 Å². The smallest absolute Gasteiger partial charge is 0.255 e. The molecule has 3 aromatic heterocycles. The first-order valence-electron chi connectivity index (χ1n) is 21.7. The van der Waals surface area contributed by atoms with E-state index in [1.807, 2.05) is 28.9 Å². The maximum Gasteiger partial charge on any atom is 0.255 e. The number of carbonyl (C=O) groups excluding carboxylic acids is 5. The summed E-state index contributed by atoms with van der Waals surface area (Å²) in [6, 6.07) is 12.2. The molecule has 18 nitrogen and oxygen atoms in total. The second-order valence-electron chi connectivity index (χ2n) is 16.7. The number of piperazine rings is 1. The summed E-state index contributed by atoms with van der Waals surface area (Å²) >= 11 is 12.8. The third-order valence-corrected chi connectivity index (χ3v) is 13.4. The van der Waals surface area contributed by atoms with Crippen molar-refractivity contribution in [3.05, 3.63) is 87.3 Å². The van der Waals surface area contributed by atoms with Gasteiger partial charge in [0.15, 0.2) is 11.5 Å². The van der Waals surface area contributed by atoms with E-state index in [0.717, 1.165) is 10.9 Å². The third kappa shape index (κ3) is 8.63. The minimum Gasteiger partial charge on any atom is -0.493 e. The molecule has 1 unspecified atom stereocenters. The number of ether oxygens (including phenoxy) is 2. The maximum atomic E-state index is 13.7. The molecule has 2 atom stereocenters. The van der Waals surface area contributed by atoms with Crippen molar-refractivity contribution >= 4 is 75.1 Å². The highest BCUT2D eigenvalue weighted by molar-refractivity contribution is 6.35. The lowest BCUT2D eigenvalue weighted by atomic mass is 9.95. The van der Waals surface area contributed by atoms with Crippen LogP contribution in [0.1, 0.15) is 65.8 Å². The van der Waals surface area contributed by atoms with Crippen LogP contribution in [0.3, 0.4) is 0 Å². The first kappa shape index (κ1) is 44.2. The molecule has 0 aliphatic carbocycles. The molecule has 0 bridgehead atoms. The summed E-state index contributed by atoms with van der Waals surface area (Å²) in [5.41, 5.74) is 4.77. The number of aromatic amines is 1. The number of carbonyl (C=O) groups is 5. The van der Waals surface area contributed by atoms with Crippen molar-refractivity contribution in [1.29, 1.82) is 5.26 Å². The van der Waals surface area contributed by atoms with Crippen molar-refractivity contribution < 1.29 is 33.4 Å². The SMILES string of the molecule is COc1cc2[nH]nc(-c3cnc(N4CCN(C(=O)C5CCN(C(=O)CNc6ccc7c(c6)CN(C6CCC(=O)NC6=O)C7=O)CC5)CC4)c(C#N)c3)c2cc1O[C@H](C)c1c(Cl)cncc1Cl. The van der Waals surface area contributed by atoms with E-state index in [2.05, 4.69) is 31.9 Å². The van der Waals surface area contributed by atoms with Crippen LogP contribution in [0.5, 0.6) is 11.5 Å². The molecule has 7 heterocycles. The minimum absolute atomic E-state index is 0.0479. The number of aromatic nitrogens is 4. The number of methoxy groups -OCH3 is 1. The number of hydrogen-bond acceptors (Lipinski definition) is 13. The zero-order valence-corrected chi connectivity index (χ0v) is 37.6. The number of imide groups is 1. The summed E-state index contributed by atoms with van der Waals surface area (Å²) in [5.74, 6) is 0.147. The van der Waals surface area contributed by atoms with Crippen LogP contribution < -0.4 is 25.0 Å². The Morgan fingerprint density at radius 2 is 1.71 bits per heavy atom. The van der Waals surface area contributed by atoms with Crippen molar-refractivity contribution in [3.8, 4) is 28.8 Å². The van der Waals surface area contributed by atoms with Crippen LogP contribution in [-0.4, -0.2) is 123 Å². The molecule has 4 aliphatic rings. The van der Waals surface area contributed by atoms with Gasteiger partial charge in [-0.25, -0.2) is 4.98 Å². The third-order valence-electron chi connectivity index (χ3n) is 12.8. The highest BCUT2D eigenvalue weighted by atomic mass is 35.5. The number of rotatable bonds is 11. The zero-order chi connectivity index (χ0) is 46.2. The molecule has 3 fully saturated rings. The number of nitriles is 1. The summed E-state index contributed by atoms with van der Waals surface area (Å²) in [6.45, 7) is 4.97. The van der Waals surface area contributed by atoms with Crippen LogP contribution in [0.4, 0.5) is 11.5 Å². The minimum atomic E-state index is -0.698. The fourth-order valence-corrected chi connectivity index (χ4v) is 9.90. The molecule has 3 N–H and O–H groups in total. The zero-order valence-electron chi connectivity index (χ0n) is 36.1. The second-order valence-corrected chi connectivity index (χ2v) is 17.5. The summed E-state index contributed by atoms with van der Waals surface area (Å²) in [6.07, 6.45) is 5.73. The van der Waals surface area contributed by atoms with Crippen molar-refractivity contribution in [2.75, 3.05) is 63.1 Å². The van der Waals surface area contributed by atoms with E-state index in [1.54, 1.807) is 42.5 Å². The lowest BCUT2D eigenvalue weighted by Gasteiger charge is -2.39. The molecular formula is C46H45Cl2N11O7. The van der Waals surface area contributed by atoms with E-state index >= 15 is 0 Å². The number of nitrogens with zero attached hydrogens (tertiary/aromatic N) is 8. The first-order valence-corrected chi connectivity index (χ1v) is 22.4. The van der Waals surface area contributed by atoms with E-state index in [9.17, 15) is 29.2 Å². The van der Waals surface area contributed by atoms with Crippen LogP contribution in [-0.2, 0) is 25.7 Å². The number of hydrogen-bond donors (Lipinski definition) is 3. The van der Waals surface area contributed by atoms with E-state index in [0.29, 0.717) is 119 Å². The predicted octanol–water partition coefficient (Wildman–Crippen LogP) is 5.11. The molecule has 5 aromatic rings. The van der Waals surface area contributed by atoms with Gasteiger partial charge in [0.1, 0.15) is 29.7 Å². The summed E-state index contributed by atoms with van der Waals surface area (Å²) in [5, 5.41) is 24.8. The van der Waals surface area contributed by atoms with E-state index in [4.69, 9.17) is 37.7 Å². The quantitative estimate of drug-likeness (QED) is 0.147. The summed E-state index contributed by atoms with van der Waals surface area (Å²) in [7, 11) is 1.54. The van der Waals surface area contributed by atoms with Gasteiger partial charge in [0.2, 0.25) is 23.6 Å². The fourth-order valence-electron chi connectivity index (χ4n) is 9.22. The number of H-pyrrole nitrogens is 1. The van der Waals surface area contributed by atoms with Gasteiger partial charge in [-0.1, -0.05) is 23.2 Å². The Labute approximate surface area is 389 Å². The second kappa shape index (κ2) is 18.5. The Morgan fingerprint density at radius 3 is 2.42 bits per heavy atom. The Bertz CT molecular complexity index is 2790. The highest BCUT2D eigenvalue weighted by Crippen LogP contribution is 2.40. The Hall–Kier alpha value is -6.97. The normalized spacial score (nSPS) is 18.2. The number of halogens is 2. The van der Waals surface area contributed by atoms with Gasteiger partial charge in [-0.2, -0.15) is 10.4 Å². The van der Waals surface area contributed by atoms with E-state index in [-0.39, 0.29) is 55.5 Å². The number of pyridine rings is 2. The molecule has 5 amide bonds. The van der Waals surface area contributed by atoms with Gasteiger partial charge in [-0.05, 0) is 62.1 Å². The molecule has 0 radical (unpaired) electrons. The number of nitrogens with one attached hydrogen (secondary N) is 3.